The Labute approximate surface area is 320 Å². The monoisotopic (exact) mass is 787 g/mol. The zero-order valence-corrected chi connectivity index (χ0v) is 34.2. The number of allylic oxidation sites excluding steroid dienone is 4. The lowest BCUT2D eigenvalue weighted by atomic mass is 9.81. The van der Waals surface area contributed by atoms with Gasteiger partial charge in [0.15, 0.2) is 5.71 Å². The van der Waals surface area contributed by atoms with Crippen molar-refractivity contribution in [2.45, 2.75) is 114 Å². The molecule has 2 aliphatic heterocycles. The summed E-state index contributed by atoms with van der Waals surface area (Å²) in [7, 11) is -8.81. The predicted octanol–water partition coefficient (Wildman–Crippen LogP) is 6.41. The Bertz CT molecular complexity index is 2080. The van der Waals surface area contributed by atoms with Gasteiger partial charge >= 0.3 is 6.09 Å². The fraction of sp³-hybridized carbons (Fsp3) is 0.513. The van der Waals surface area contributed by atoms with E-state index in [0.717, 1.165) is 46.8 Å². The molecule has 0 saturated carbocycles. The maximum absolute atomic E-state index is 12.4. The van der Waals surface area contributed by atoms with Crippen molar-refractivity contribution in [1.82, 2.24) is 10.6 Å². The van der Waals surface area contributed by atoms with Gasteiger partial charge in [-0.05, 0) is 103 Å². The summed E-state index contributed by atoms with van der Waals surface area (Å²) in [5.41, 5.74) is 3.30. The van der Waals surface area contributed by atoms with Gasteiger partial charge in [0.05, 0.1) is 15.2 Å². The van der Waals surface area contributed by atoms with Gasteiger partial charge in [0.2, 0.25) is 11.6 Å². The van der Waals surface area contributed by atoms with Gasteiger partial charge in [0.25, 0.3) is 20.2 Å². The Morgan fingerprint density at radius 1 is 0.852 bits per heavy atom. The lowest BCUT2D eigenvalue weighted by Crippen LogP contribution is -2.34. The molecule has 15 heteroatoms. The number of alkyl carbamates (subject to hydrolysis) is 1. The number of nitrogens with zero attached hydrogens (tertiary/aromatic N) is 2. The number of rotatable bonds is 15. The molecule has 0 aliphatic carbocycles. The van der Waals surface area contributed by atoms with Gasteiger partial charge in [-0.1, -0.05) is 19.9 Å². The smallest absolute Gasteiger partial charge is 0.407 e. The molecule has 0 spiro atoms. The molecular formula is C39H55N4O9S2+. The van der Waals surface area contributed by atoms with E-state index in [1.807, 2.05) is 52.8 Å². The largest absolute Gasteiger partial charge is 0.444 e. The highest BCUT2D eigenvalue weighted by molar-refractivity contribution is 7.86. The molecule has 0 aromatic heterocycles. The van der Waals surface area contributed by atoms with E-state index < -0.39 is 42.8 Å². The van der Waals surface area contributed by atoms with Crippen LogP contribution in [0.2, 0.25) is 0 Å². The molecule has 2 aromatic rings. The number of carbonyl (C=O) groups excluding carboxylic acids is 2. The molecule has 2 aromatic carbocycles. The topological polar surface area (TPSA) is 182 Å². The molecule has 4 N–H and O–H groups in total. The molecule has 0 unspecified atom stereocenters. The van der Waals surface area contributed by atoms with Crippen LogP contribution in [0, 0.1) is 0 Å². The van der Waals surface area contributed by atoms with E-state index in [4.69, 9.17) is 4.74 Å². The summed E-state index contributed by atoms with van der Waals surface area (Å²) in [6, 6.07) is 9.27. The number of hydrogen-bond acceptors (Lipinski definition) is 8. The van der Waals surface area contributed by atoms with Crippen molar-refractivity contribution in [3.63, 3.8) is 0 Å². The van der Waals surface area contributed by atoms with Crippen LogP contribution in [-0.2, 0) is 40.6 Å². The predicted molar refractivity (Wildman–Crippen MR) is 209 cm³/mol. The van der Waals surface area contributed by atoms with Crippen LogP contribution in [0.1, 0.15) is 98.6 Å². The molecule has 0 bridgehead atoms. The molecule has 296 valence electrons. The highest BCUT2D eigenvalue weighted by Crippen LogP contribution is 2.48. The number of likely N-dealkylation sites (N-methyl/N-ethyl adjacent to an activating group) is 1. The second-order valence-electron chi connectivity index (χ2n) is 15.7. The van der Waals surface area contributed by atoms with Gasteiger partial charge in [-0.2, -0.15) is 21.4 Å². The average molecular weight is 788 g/mol. The fourth-order valence-electron chi connectivity index (χ4n) is 7.08. The van der Waals surface area contributed by atoms with Gasteiger partial charge in [-0.15, -0.1) is 0 Å². The van der Waals surface area contributed by atoms with Gasteiger partial charge in [-0.3, -0.25) is 13.9 Å². The normalized spacial score (nSPS) is 17.2. The Morgan fingerprint density at radius 2 is 1.46 bits per heavy atom. The van der Waals surface area contributed by atoms with E-state index in [1.165, 1.54) is 24.3 Å². The summed E-state index contributed by atoms with van der Waals surface area (Å²) in [5, 5.41) is 5.56. The Morgan fingerprint density at radius 3 is 2.07 bits per heavy atom. The van der Waals surface area contributed by atoms with E-state index >= 15 is 0 Å². The Hall–Kier alpha value is -4.05. The van der Waals surface area contributed by atoms with Crippen LogP contribution in [0.15, 0.2) is 70.1 Å². The molecule has 54 heavy (non-hydrogen) atoms. The second kappa shape index (κ2) is 16.4. The van der Waals surface area contributed by atoms with Crippen molar-refractivity contribution in [3.05, 3.63) is 71.5 Å². The van der Waals surface area contributed by atoms with Crippen LogP contribution >= 0.6 is 0 Å². The summed E-state index contributed by atoms with van der Waals surface area (Å²) in [6.45, 7) is 17.5. The van der Waals surface area contributed by atoms with Crippen molar-refractivity contribution in [2.24, 2.45) is 0 Å². The van der Waals surface area contributed by atoms with Crippen LogP contribution < -0.4 is 15.5 Å². The Kier molecular flexibility index (Phi) is 12.9. The summed E-state index contributed by atoms with van der Waals surface area (Å²) >= 11 is 0. The molecule has 0 saturated heterocycles. The van der Waals surface area contributed by atoms with Gasteiger partial charge in [-0.25, -0.2) is 4.79 Å². The first-order valence-electron chi connectivity index (χ1n) is 18.3. The van der Waals surface area contributed by atoms with Crippen molar-refractivity contribution in [2.75, 3.05) is 31.1 Å². The number of hydrogen-bond donors (Lipinski definition) is 4. The summed E-state index contributed by atoms with van der Waals surface area (Å²) in [4.78, 5) is 26.0. The molecule has 13 nitrogen and oxygen atoms in total. The van der Waals surface area contributed by atoms with E-state index in [-0.39, 0.29) is 15.7 Å². The quantitative estimate of drug-likeness (QED) is 0.0895. The van der Waals surface area contributed by atoms with Crippen molar-refractivity contribution < 1.29 is 44.8 Å². The number of ether oxygens (including phenoxy) is 1. The minimum atomic E-state index is -4.43. The van der Waals surface area contributed by atoms with Crippen LogP contribution in [0.5, 0.6) is 0 Å². The van der Waals surface area contributed by atoms with E-state index in [1.54, 1.807) is 32.9 Å². The zero-order valence-electron chi connectivity index (χ0n) is 32.5. The molecule has 0 atom stereocenters. The van der Waals surface area contributed by atoms with Gasteiger partial charge in [0.1, 0.15) is 12.1 Å². The molecule has 2 heterocycles. The third-order valence-electron chi connectivity index (χ3n) is 9.78. The standard InChI is InChI=1S/C39H54N4O9S2/c1-9-42-31-20-18-27(53(46,47)48)25-29(31)38(5,6)33(42)15-13-16-34-39(7,8)30-26-28(54(49,50)51)19-21-32(30)43(34)24-12-10-11-17-35(44)40-22-14-23-41-36(45)52-37(2,3)4/h13,15-16,18-21,25-26H,9-12,14,17,22-24H2,1-8H3,(H3-,40,41,44,45,46,47,48,49,50,51)/p+1. The molecule has 2 amide bonds. The Balaban J connectivity index is 1.49. The lowest BCUT2D eigenvalue weighted by molar-refractivity contribution is -0.438. The summed E-state index contributed by atoms with van der Waals surface area (Å²) in [5.74, 6) is -0.0618. The molecule has 0 fully saturated rings. The van der Waals surface area contributed by atoms with Crippen molar-refractivity contribution in [3.8, 4) is 0 Å². The van der Waals surface area contributed by atoms with Crippen LogP contribution in [-0.4, -0.2) is 80.0 Å². The van der Waals surface area contributed by atoms with E-state index in [9.17, 15) is 35.5 Å². The molecule has 4 rings (SSSR count). The highest BCUT2D eigenvalue weighted by Gasteiger charge is 2.45. The van der Waals surface area contributed by atoms with E-state index in [2.05, 4.69) is 20.1 Å². The number of fused-ring (bicyclic) bond motifs is 2. The second-order valence-corrected chi connectivity index (χ2v) is 18.5. The first-order valence-corrected chi connectivity index (χ1v) is 21.2. The van der Waals surface area contributed by atoms with Gasteiger partial charge in [0, 0.05) is 67.0 Å². The van der Waals surface area contributed by atoms with Crippen LogP contribution in [0.25, 0.3) is 0 Å². The number of anilines is 1. The minimum absolute atomic E-state index is 0.0618. The summed E-state index contributed by atoms with van der Waals surface area (Å²) < 4.78 is 74.9. The molecular weight excluding hydrogens is 733 g/mol. The number of unbranched alkanes of at least 4 members (excludes halogenated alkanes) is 2. The third kappa shape index (κ3) is 9.97. The number of nitrogens with one attached hydrogen (secondary N) is 2. The van der Waals surface area contributed by atoms with E-state index in [0.29, 0.717) is 45.4 Å². The van der Waals surface area contributed by atoms with Crippen LogP contribution in [0.4, 0.5) is 16.2 Å². The fourth-order valence-corrected chi connectivity index (χ4v) is 8.10. The van der Waals surface area contributed by atoms with Gasteiger partial charge < -0.3 is 20.3 Å². The average Bonchev–Trinajstić information content (AvgIpc) is 3.40. The number of amides is 2. The summed E-state index contributed by atoms with van der Waals surface area (Å²) in [6.07, 6.45) is 8.59. The first-order chi connectivity index (χ1) is 25.0. The lowest BCUT2D eigenvalue weighted by Gasteiger charge is -2.25. The number of benzene rings is 2. The maximum atomic E-state index is 12.4. The molecule has 2 aliphatic rings. The minimum Gasteiger partial charge on any atom is -0.444 e. The zero-order chi connectivity index (χ0) is 40.3. The highest BCUT2D eigenvalue weighted by atomic mass is 32.2. The third-order valence-corrected chi connectivity index (χ3v) is 11.5. The molecule has 0 radical (unpaired) electrons. The maximum Gasteiger partial charge on any atom is 0.407 e. The SMILES string of the molecule is CCN1/C(=C/C=C/C2=[N+](CCCCCC(=O)NCCCNC(=O)OC(C)(C)C)c3ccc(S(=O)(=O)O)cc3C2(C)C)C(C)(C)c2cc(S(=O)(=O)O)ccc21. The van der Waals surface area contributed by atoms with Crippen molar-refractivity contribution in [1.29, 1.82) is 0 Å². The van der Waals surface area contributed by atoms with Crippen LogP contribution in [0.3, 0.4) is 0 Å². The number of carbonyl (C=O) groups is 2. The first kappa shape index (κ1) is 42.7. The van der Waals surface area contributed by atoms with Crippen molar-refractivity contribution >= 4 is 49.3 Å².